The van der Waals surface area contributed by atoms with Crippen LogP contribution in [0.5, 0.6) is 0 Å². The van der Waals surface area contributed by atoms with E-state index in [-0.39, 0.29) is 11.6 Å². The zero-order valence-electron chi connectivity index (χ0n) is 20.0. The first-order valence-electron chi connectivity index (χ1n) is 12.4. The fourth-order valence-electron chi connectivity index (χ4n) is 5.39. The molecule has 1 amide bonds. The number of carbonyl (C=O) groups excluding carboxylic acids is 1. The topological polar surface area (TPSA) is 69.5 Å². The summed E-state index contributed by atoms with van der Waals surface area (Å²) >= 11 is 0. The summed E-state index contributed by atoms with van der Waals surface area (Å²) in [7, 11) is 0. The van der Waals surface area contributed by atoms with E-state index in [0.717, 1.165) is 47.7 Å². The van der Waals surface area contributed by atoms with Crippen LogP contribution in [0.4, 0.5) is 5.82 Å². The number of hydrogen-bond acceptors (Lipinski definition) is 5. The molecule has 1 aromatic heterocycles. The molecule has 3 heterocycles. The molecule has 0 radical (unpaired) electrons. The molecule has 1 atom stereocenters. The van der Waals surface area contributed by atoms with Crippen LogP contribution in [0.25, 0.3) is 0 Å². The Kier molecular flexibility index (Phi) is 5.44. The maximum Gasteiger partial charge on any atom is 0.223 e. The molecule has 6 heteroatoms. The number of rotatable bonds is 5. The van der Waals surface area contributed by atoms with Crippen molar-refractivity contribution in [2.24, 2.45) is 11.8 Å². The Labute approximate surface area is 191 Å². The van der Waals surface area contributed by atoms with Crippen molar-refractivity contribution < 1.29 is 9.53 Å². The fourth-order valence-corrected chi connectivity index (χ4v) is 5.39. The van der Waals surface area contributed by atoms with E-state index >= 15 is 0 Å². The third kappa shape index (κ3) is 4.12. The lowest BCUT2D eigenvalue weighted by Gasteiger charge is -2.44. The van der Waals surface area contributed by atoms with Crippen molar-refractivity contribution in [2.45, 2.75) is 90.4 Å². The zero-order valence-corrected chi connectivity index (χ0v) is 20.0. The highest BCUT2D eigenvalue weighted by atomic mass is 16.5. The number of amides is 1. The van der Waals surface area contributed by atoms with Crippen LogP contribution in [0.3, 0.4) is 0 Å². The largest absolute Gasteiger partial charge is 0.370 e. The molecule has 2 aliphatic carbocycles. The number of nitriles is 1. The molecule has 5 rings (SSSR count). The Morgan fingerprint density at radius 2 is 1.97 bits per heavy atom. The first kappa shape index (κ1) is 21.7. The highest BCUT2D eigenvalue weighted by Crippen LogP contribution is 2.46. The lowest BCUT2D eigenvalue weighted by Crippen LogP contribution is -2.57. The third-order valence-corrected chi connectivity index (χ3v) is 7.68. The van der Waals surface area contributed by atoms with Crippen molar-refractivity contribution in [1.82, 2.24) is 9.88 Å². The van der Waals surface area contributed by atoms with Gasteiger partial charge in [-0.25, -0.2) is 4.98 Å². The normalized spacial score (nSPS) is 24.9. The summed E-state index contributed by atoms with van der Waals surface area (Å²) in [5.74, 6) is 2.61. The van der Waals surface area contributed by atoms with Gasteiger partial charge < -0.3 is 14.5 Å². The second kappa shape index (κ2) is 8.02. The lowest BCUT2D eigenvalue weighted by atomic mass is 9.87. The molecule has 6 nitrogen and oxygen atoms in total. The number of pyridine rings is 1. The van der Waals surface area contributed by atoms with Crippen LogP contribution in [0.15, 0.2) is 0 Å². The van der Waals surface area contributed by atoms with Crippen LogP contribution in [-0.4, -0.2) is 47.1 Å². The smallest absolute Gasteiger partial charge is 0.223 e. The summed E-state index contributed by atoms with van der Waals surface area (Å²) in [4.78, 5) is 22.5. The molecule has 0 bridgehead atoms. The van der Waals surface area contributed by atoms with Gasteiger partial charge in [-0.2, -0.15) is 5.26 Å². The fraction of sp³-hybridized carbons (Fsp3) is 0.731. The Bertz CT molecular complexity index is 956. The number of piperazine rings is 1. The van der Waals surface area contributed by atoms with Gasteiger partial charge in [0.2, 0.25) is 5.91 Å². The monoisotopic (exact) mass is 436 g/mol. The lowest BCUT2D eigenvalue weighted by molar-refractivity contribution is -0.135. The zero-order chi connectivity index (χ0) is 22.6. The van der Waals surface area contributed by atoms with Crippen LogP contribution in [0, 0.1) is 23.2 Å². The summed E-state index contributed by atoms with van der Waals surface area (Å²) < 4.78 is 6.11. The van der Waals surface area contributed by atoms with Gasteiger partial charge in [-0.15, -0.1) is 0 Å². The predicted molar refractivity (Wildman–Crippen MR) is 123 cm³/mol. The SMILES string of the molecule is CC(C)C1CN(c2nc(C3CC3)c3c(c2C#N)CC(C)(C)OC3)CCN1C(=O)CC1CC1. The van der Waals surface area contributed by atoms with Crippen LogP contribution in [-0.2, 0) is 22.6 Å². The summed E-state index contributed by atoms with van der Waals surface area (Å²) in [6, 6.07) is 2.67. The van der Waals surface area contributed by atoms with E-state index in [4.69, 9.17) is 9.72 Å². The molecule has 3 fully saturated rings. The maximum atomic E-state index is 13.0. The average molecular weight is 437 g/mol. The van der Waals surface area contributed by atoms with Crippen molar-refractivity contribution in [3.8, 4) is 6.07 Å². The first-order valence-corrected chi connectivity index (χ1v) is 12.4. The molecular formula is C26H36N4O2. The summed E-state index contributed by atoms with van der Waals surface area (Å²) in [5, 5.41) is 10.2. The number of anilines is 1. The minimum atomic E-state index is -0.271. The molecular weight excluding hydrogens is 400 g/mol. The maximum absolute atomic E-state index is 13.0. The van der Waals surface area contributed by atoms with E-state index in [0.29, 0.717) is 43.2 Å². The van der Waals surface area contributed by atoms with Crippen LogP contribution in [0.1, 0.15) is 88.1 Å². The molecule has 1 unspecified atom stereocenters. The van der Waals surface area contributed by atoms with Crippen molar-refractivity contribution in [3.63, 3.8) is 0 Å². The number of fused-ring (bicyclic) bond motifs is 1. The van der Waals surface area contributed by atoms with Gasteiger partial charge in [0.1, 0.15) is 11.9 Å². The number of hydrogen-bond donors (Lipinski definition) is 0. The van der Waals surface area contributed by atoms with E-state index in [2.05, 4.69) is 43.6 Å². The number of ether oxygens (including phenoxy) is 1. The Hall–Kier alpha value is -2.13. The number of aromatic nitrogens is 1. The molecule has 32 heavy (non-hydrogen) atoms. The molecule has 172 valence electrons. The summed E-state index contributed by atoms with van der Waals surface area (Å²) in [5.41, 5.74) is 3.90. The van der Waals surface area contributed by atoms with Gasteiger partial charge in [-0.3, -0.25) is 4.79 Å². The van der Waals surface area contributed by atoms with Crippen molar-refractivity contribution in [3.05, 3.63) is 22.4 Å². The highest BCUT2D eigenvalue weighted by Gasteiger charge is 2.40. The molecule has 0 aromatic carbocycles. The second-order valence-corrected chi connectivity index (χ2v) is 11.3. The Morgan fingerprint density at radius 3 is 2.59 bits per heavy atom. The third-order valence-electron chi connectivity index (χ3n) is 7.68. The predicted octanol–water partition coefficient (Wildman–Crippen LogP) is 4.16. The van der Waals surface area contributed by atoms with Crippen molar-refractivity contribution >= 4 is 11.7 Å². The number of nitrogens with zero attached hydrogens (tertiary/aromatic N) is 4. The molecule has 0 spiro atoms. The first-order chi connectivity index (χ1) is 15.3. The van der Waals surface area contributed by atoms with E-state index in [1.54, 1.807) is 0 Å². The minimum Gasteiger partial charge on any atom is -0.370 e. The van der Waals surface area contributed by atoms with Gasteiger partial charge >= 0.3 is 0 Å². The molecule has 4 aliphatic rings. The van der Waals surface area contributed by atoms with Gasteiger partial charge in [-0.05, 0) is 56.9 Å². The average Bonchev–Trinajstić information content (AvgIpc) is 3.66. The quantitative estimate of drug-likeness (QED) is 0.693. The van der Waals surface area contributed by atoms with Crippen LogP contribution < -0.4 is 4.90 Å². The van der Waals surface area contributed by atoms with Gasteiger partial charge in [-0.1, -0.05) is 13.8 Å². The summed E-state index contributed by atoms with van der Waals surface area (Å²) in [6.45, 7) is 11.4. The van der Waals surface area contributed by atoms with Gasteiger partial charge in [0.15, 0.2) is 0 Å². The van der Waals surface area contributed by atoms with Crippen molar-refractivity contribution in [1.29, 1.82) is 5.26 Å². The van der Waals surface area contributed by atoms with E-state index < -0.39 is 0 Å². The number of carbonyl (C=O) groups is 1. The van der Waals surface area contributed by atoms with Gasteiger partial charge in [0.05, 0.1) is 29.5 Å². The van der Waals surface area contributed by atoms with E-state index in [1.165, 1.54) is 25.7 Å². The molecule has 1 saturated heterocycles. The summed E-state index contributed by atoms with van der Waals surface area (Å²) in [6.07, 6.45) is 6.19. The van der Waals surface area contributed by atoms with Crippen molar-refractivity contribution in [2.75, 3.05) is 24.5 Å². The van der Waals surface area contributed by atoms with Gasteiger partial charge in [0.25, 0.3) is 0 Å². The Morgan fingerprint density at radius 1 is 1.22 bits per heavy atom. The van der Waals surface area contributed by atoms with Gasteiger partial charge in [0, 0.05) is 44.0 Å². The van der Waals surface area contributed by atoms with E-state index in [1.807, 2.05) is 0 Å². The molecule has 2 saturated carbocycles. The van der Waals surface area contributed by atoms with Crippen LogP contribution >= 0.6 is 0 Å². The molecule has 1 aromatic rings. The highest BCUT2D eigenvalue weighted by molar-refractivity contribution is 5.77. The second-order valence-electron chi connectivity index (χ2n) is 11.3. The standard InChI is InChI=1S/C26H36N4O2/c1-16(2)22-14-29(9-10-30(22)23(31)11-17-5-6-17)25-20(13-27)19-12-26(3,4)32-15-21(19)24(28-25)18-7-8-18/h16-18,22H,5-12,14-15H2,1-4H3. The van der Waals surface area contributed by atoms with E-state index in [9.17, 15) is 10.1 Å². The van der Waals surface area contributed by atoms with Crippen LogP contribution in [0.2, 0.25) is 0 Å². The minimum absolute atomic E-state index is 0.156. The molecule has 0 N–H and O–H groups in total. The molecule has 2 aliphatic heterocycles. The Balaban J connectivity index is 1.48.